The van der Waals surface area contributed by atoms with Crippen molar-refractivity contribution in [3.63, 3.8) is 0 Å². The third-order valence-electron chi connectivity index (χ3n) is 2.70. The van der Waals surface area contributed by atoms with Crippen LogP contribution in [0, 0.1) is 0 Å². The molecule has 0 spiro atoms. The van der Waals surface area contributed by atoms with Crippen LogP contribution in [0.3, 0.4) is 0 Å². The van der Waals surface area contributed by atoms with Gasteiger partial charge in [-0.05, 0) is 36.2 Å². The molecule has 0 aliphatic carbocycles. The Morgan fingerprint density at radius 3 is 2.71 bits per heavy atom. The Morgan fingerprint density at radius 1 is 1.53 bits per heavy atom. The van der Waals surface area contributed by atoms with Gasteiger partial charge in [0.25, 0.3) is 0 Å². The zero-order valence-electron chi connectivity index (χ0n) is 10.0. The lowest BCUT2D eigenvalue weighted by molar-refractivity contribution is -0.138. The Bertz CT molecular complexity index is 375. The lowest BCUT2D eigenvalue weighted by atomic mass is 10.0. The van der Waals surface area contributed by atoms with Gasteiger partial charge in [0, 0.05) is 13.1 Å². The average molecular weight is 255 g/mol. The molecule has 1 amide bonds. The number of carbonyl (C=O) groups is 2. The van der Waals surface area contributed by atoms with Gasteiger partial charge in [0.1, 0.15) is 0 Å². The summed E-state index contributed by atoms with van der Waals surface area (Å²) < 4.78 is 0. The first kappa shape index (κ1) is 13.7. The molecule has 1 unspecified atom stereocenters. The molecular weight excluding hydrogens is 238 g/mol. The van der Waals surface area contributed by atoms with E-state index in [1.165, 1.54) is 0 Å². The van der Waals surface area contributed by atoms with Gasteiger partial charge in [0.15, 0.2) is 0 Å². The topological polar surface area (TPSA) is 57.6 Å². The summed E-state index contributed by atoms with van der Waals surface area (Å²) in [7, 11) is 0. The van der Waals surface area contributed by atoms with Crippen LogP contribution in [0.2, 0.25) is 0 Å². The van der Waals surface area contributed by atoms with Crippen LogP contribution in [-0.4, -0.2) is 35.0 Å². The first-order valence-electron chi connectivity index (χ1n) is 5.59. The molecule has 4 nitrogen and oxygen atoms in total. The Morgan fingerprint density at radius 2 is 2.24 bits per heavy atom. The summed E-state index contributed by atoms with van der Waals surface area (Å²) in [6.07, 6.45) is -0.00403. The molecule has 94 valence electrons. The summed E-state index contributed by atoms with van der Waals surface area (Å²) in [5.74, 6) is -1.08. The van der Waals surface area contributed by atoms with Crippen molar-refractivity contribution in [2.75, 3.05) is 13.1 Å². The number of nitrogens with zero attached hydrogens (tertiary/aromatic N) is 1. The van der Waals surface area contributed by atoms with Gasteiger partial charge in [0.05, 0.1) is 12.3 Å². The second-order valence-corrected chi connectivity index (χ2v) is 4.62. The number of hydrogen-bond donors (Lipinski definition) is 1. The normalized spacial score (nSPS) is 12.1. The number of amides is 1. The molecule has 0 radical (unpaired) electrons. The Kier molecular flexibility index (Phi) is 5.15. The predicted molar refractivity (Wildman–Crippen MR) is 67.2 cm³/mol. The van der Waals surface area contributed by atoms with Crippen molar-refractivity contribution in [2.45, 2.75) is 26.2 Å². The predicted octanol–water partition coefficient (Wildman–Crippen LogP) is 2.17. The van der Waals surface area contributed by atoms with E-state index in [4.69, 9.17) is 5.11 Å². The number of carboxylic acids is 1. The number of hydrogen-bond acceptors (Lipinski definition) is 3. The number of carbonyl (C=O) groups excluding carboxylic acids is 1. The van der Waals surface area contributed by atoms with Gasteiger partial charge in [-0.15, -0.1) is 0 Å². The standard InChI is InChI=1S/C12H17NO3S/c1-3-13(6-4-11(14)15)12(16)9(2)10-5-7-17-8-10/h5,7-9H,3-4,6H2,1-2H3,(H,14,15). The van der Waals surface area contributed by atoms with E-state index in [0.717, 1.165) is 5.56 Å². The number of likely N-dealkylation sites (N-methyl/N-ethyl adjacent to an activating group) is 1. The molecular formula is C12H17NO3S. The molecule has 17 heavy (non-hydrogen) atoms. The monoisotopic (exact) mass is 255 g/mol. The van der Waals surface area contributed by atoms with Gasteiger partial charge in [-0.1, -0.05) is 0 Å². The molecule has 0 fully saturated rings. The van der Waals surface area contributed by atoms with Gasteiger partial charge in [0.2, 0.25) is 5.91 Å². The molecule has 1 rings (SSSR count). The second-order valence-electron chi connectivity index (χ2n) is 3.84. The smallest absolute Gasteiger partial charge is 0.305 e. The average Bonchev–Trinajstić information content (AvgIpc) is 2.81. The molecule has 0 aliphatic rings. The molecule has 1 N–H and O–H groups in total. The highest BCUT2D eigenvalue weighted by Gasteiger charge is 2.21. The van der Waals surface area contributed by atoms with Crippen LogP contribution in [0.5, 0.6) is 0 Å². The molecule has 1 aromatic rings. The van der Waals surface area contributed by atoms with Crippen molar-refractivity contribution < 1.29 is 14.7 Å². The van der Waals surface area contributed by atoms with E-state index in [1.54, 1.807) is 16.2 Å². The minimum absolute atomic E-state index is 0.00403. The maximum Gasteiger partial charge on any atom is 0.305 e. The third kappa shape index (κ3) is 3.85. The summed E-state index contributed by atoms with van der Waals surface area (Å²) in [5.41, 5.74) is 0.994. The van der Waals surface area contributed by atoms with Crippen LogP contribution in [0.25, 0.3) is 0 Å². The Hall–Kier alpha value is -1.36. The van der Waals surface area contributed by atoms with Crippen LogP contribution in [0.1, 0.15) is 31.7 Å². The first-order chi connectivity index (χ1) is 8.06. The molecule has 5 heteroatoms. The summed E-state index contributed by atoms with van der Waals surface area (Å²) in [4.78, 5) is 24.2. The highest BCUT2D eigenvalue weighted by molar-refractivity contribution is 7.08. The van der Waals surface area contributed by atoms with E-state index in [2.05, 4.69) is 0 Å². The highest BCUT2D eigenvalue weighted by Crippen LogP contribution is 2.20. The zero-order chi connectivity index (χ0) is 12.8. The molecule has 0 bridgehead atoms. The lowest BCUT2D eigenvalue weighted by Crippen LogP contribution is -2.35. The molecule has 1 heterocycles. The van der Waals surface area contributed by atoms with Crippen LogP contribution >= 0.6 is 11.3 Å². The van der Waals surface area contributed by atoms with Crippen molar-refractivity contribution in [1.29, 1.82) is 0 Å². The maximum absolute atomic E-state index is 12.1. The van der Waals surface area contributed by atoms with E-state index >= 15 is 0 Å². The molecule has 0 aromatic carbocycles. The maximum atomic E-state index is 12.1. The van der Waals surface area contributed by atoms with E-state index < -0.39 is 5.97 Å². The largest absolute Gasteiger partial charge is 0.481 e. The van der Waals surface area contributed by atoms with Gasteiger partial charge < -0.3 is 10.0 Å². The fraction of sp³-hybridized carbons (Fsp3) is 0.500. The lowest BCUT2D eigenvalue weighted by Gasteiger charge is -2.23. The second kappa shape index (κ2) is 6.39. The quantitative estimate of drug-likeness (QED) is 0.847. The van der Waals surface area contributed by atoms with E-state index in [1.807, 2.05) is 30.7 Å². The van der Waals surface area contributed by atoms with E-state index in [-0.39, 0.29) is 24.8 Å². The van der Waals surface area contributed by atoms with Gasteiger partial charge in [-0.25, -0.2) is 0 Å². The SMILES string of the molecule is CCN(CCC(=O)O)C(=O)C(C)c1ccsc1. The summed E-state index contributed by atoms with van der Waals surface area (Å²) in [5, 5.41) is 12.5. The summed E-state index contributed by atoms with van der Waals surface area (Å²) in [6, 6.07) is 1.93. The number of rotatable bonds is 6. The van der Waals surface area contributed by atoms with Crippen molar-refractivity contribution in [1.82, 2.24) is 4.90 Å². The van der Waals surface area contributed by atoms with Crippen LogP contribution < -0.4 is 0 Å². The minimum Gasteiger partial charge on any atom is -0.481 e. The van der Waals surface area contributed by atoms with Crippen molar-refractivity contribution in [3.8, 4) is 0 Å². The van der Waals surface area contributed by atoms with Crippen LogP contribution in [0.15, 0.2) is 16.8 Å². The highest BCUT2D eigenvalue weighted by atomic mass is 32.1. The van der Waals surface area contributed by atoms with Crippen molar-refractivity contribution in [3.05, 3.63) is 22.4 Å². The van der Waals surface area contributed by atoms with Crippen LogP contribution in [-0.2, 0) is 9.59 Å². The minimum atomic E-state index is -0.876. The number of carboxylic acid groups (broad SMARTS) is 1. The van der Waals surface area contributed by atoms with Crippen molar-refractivity contribution in [2.24, 2.45) is 0 Å². The third-order valence-corrected chi connectivity index (χ3v) is 3.40. The molecule has 0 saturated carbocycles. The number of thiophene rings is 1. The van der Waals surface area contributed by atoms with Gasteiger partial charge in [-0.2, -0.15) is 11.3 Å². The zero-order valence-corrected chi connectivity index (χ0v) is 10.9. The molecule has 0 aliphatic heterocycles. The molecule has 0 saturated heterocycles. The fourth-order valence-electron chi connectivity index (χ4n) is 1.59. The molecule has 1 atom stereocenters. The van der Waals surface area contributed by atoms with Crippen LogP contribution in [0.4, 0.5) is 0 Å². The van der Waals surface area contributed by atoms with E-state index in [9.17, 15) is 9.59 Å². The molecule has 1 aromatic heterocycles. The van der Waals surface area contributed by atoms with Crippen molar-refractivity contribution >= 4 is 23.2 Å². The van der Waals surface area contributed by atoms with Gasteiger partial charge in [-0.3, -0.25) is 9.59 Å². The van der Waals surface area contributed by atoms with Gasteiger partial charge >= 0.3 is 5.97 Å². The van der Waals surface area contributed by atoms with E-state index in [0.29, 0.717) is 6.54 Å². The Balaban J connectivity index is 2.62. The fourth-order valence-corrected chi connectivity index (χ4v) is 2.35. The number of aliphatic carboxylic acids is 1. The summed E-state index contributed by atoms with van der Waals surface area (Å²) >= 11 is 1.56. The summed E-state index contributed by atoms with van der Waals surface area (Å²) in [6.45, 7) is 4.54. The Labute approximate surface area is 105 Å². The first-order valence-corrected chi connectivity index (χ1v) is 6.53.